The zero-order valence-electron chi connectivity index (χ0n) is 14.9. The van der Waals surface area contributed by atoms with E-state index in [9.17, 15) is 4.79 Å². The first kappa shape index (κ1) is 19.0. The average Bonchev–Trinajstić information content (AvgIpc) is 2.88. The maximum Gasteiger partial charge on any atom is 0.337 e. The fourth-order valence-corrected chi connectivity index (χ4v) is 3.40. The lowest BCUT2D eigenvalue weighted by Gasteiger charge is -2.25. The SMILES string of the molecule is CCCN1NC(Cc2ccc(Br)cc2)C(C(=O)OCC)=C1C(C)C. The molecule has 0 bridgehead atoms. The van der Waals surface area contributed by atoms with Gasteiger partial charge in [0.2, 0.25) is 0 Å². The van der Waals surface area contributed by atoms with Crippen molar-refractivity contribution in [3.05, 3.63) is 45.6 Å². The molecule has 0 saturated heterocycles. The Kier molecular flexibility index (Phi) is 6.87. The van der Waals surface area contributed by atoms with Crippen molar-refractivity contribution in [2.45, 2.75) is 46.6 Å². The van der Waals surface area contributed by atoms with Crippen LogP contribution in [-0.4, -0.2) is 30.2 Å². The lowest BCUT2D eigenvalue weighted by Crippen LogP contribution is -2.40. The van der Waals surface area contributed by atoms with Crippen molar-refractivity contribution in [2.75, 3.05) is 13.2 Å². The van der Waals surface area contributed by atoms with Crippen LogP contribution in [0, 0.1) is 5.92 Å². The van der Waals surface area contributed by atoms with Crippen molar-refractivity contribution < 1.29 is 9.53 Å². The van der Waals surface area contributed by atoms with Crippen LogP contribution in [0.3, 0.4) is 0 Å². The molecule has 132 valence electrons. The van der Waals surface area contributed by atoms with Gasteiger partial charge in [0, 0.05) is 16.7 Å². The summed E-state index contributed by atoms with van der Waals surface area (Å²) in [4.78, 5) is 12.6. The molecule has 24 heavy (non-hydrogen) atoms. The zero-order valence-corrected chi connectivity index (χ0v) is 16.5. The number of carbonyl (C=O) groups excluding carboxylic acids is 1. The Balaban J connectivity index is 2.33. The fraction of sp³-hybridized carbons (Fsp3) is 0.526. The number of halogens is 1. The molecule has 1 aromatic carbocycles. The smallest absolute Gasteiger partial charge is 0.337 e. The van der Waals surface area contributed by atoms with Crippen LogP contribution in [0.4, 0.5) is 0 Å². The molecule has 0 fully saturated rings. The predicted molar refractivity (Wildman–Crippen MR) is 100 cm³/mol. The Morgan fingerprint density at radius 1 is 1.29 bits per heavy atom. The summed E-state index contributed by atoms with van der Waals surface area (Å²) in [6.45, 7) is 9.52. The molecule has 0 radical (unpaired) electrons. The zero-order chi connectivity index (χ0) is 17.7. The van der Waals surface area contributed by atoms with Crippen molar-refractivity contribution >= 4 is 21.9 Å². The van der Waals surface area contributed by atoms with Gasteiger partial charge in [-0.15, -0.1) is 0 Å². The van der Waals surface area contributed by atoms with Gasteiger partial charge in [-0.05, 0) is 43.4 Å². The number of benzene rings is 1. The first-order valence-electron chi connectivity index (χ1n) is 8.67. The second kappa shape index (κ2) is 8.67. The summed E-state index contributed by atoms with van der Waals surface area (Å²) < 4.78 is 6.41. The molecule has 1 heterocycles. The third-order valence-electron chi connectivity index (χ3n) is 4.07. The summed E-state index contributed by atoms with van der Waals surface area (Å²) in [7, 11) is 0. The van der Waals surface area contributed by atoms with Gasteiger partial charge in [-0.3, -0.25) is 0 Å². The second-order valence-corrected chi connectivity index (χ2v) is 7.25. The Hall–Kier alpha value is -1.33. The molecular formula is C19H27BrN2O2. The molecular weight excluding hydrogens is 368 g/mol. The largest absolute Gasteiger partial charge is 0.463 e. The molecule has 1 aliphatic heterocycles. The van der Waals surface area contributed by atoms with Crippen molar-refractivity contribution in [1.82, 2.24) is 10.4 Å². The summed E-state index contributed by atoms with van der Waals surface area (Å²) in [6, 6.07) is 8.20. The molecule has 0 spiro atoms. The van der Waals surface area contributed by atoms with Gasteiger partial charge in [-0.1, -0.05) is 48.8 Å². The Morgan fingerprint density at radius 2 is 1.96 bits per heavy atom. The Labute approximate surface area is 153 Å². The van der Waals surface area contributed by atoms with E-state index in [1.165, 1.54) is 5.56 Å². The highest BCUT2D eigenvalue weighted by atomic mass is 79.9. The quantitative estimate of drug-likeness (QED) is 0.707. The molecule has 0 aromatic heterocycles. The van der Waals surface area contributed by atoms with Gasteiger partial charge < -0.3 is 9.75 Å². The molecule has 5 heteroatoms. The van der Waals surface area contributed by atoms with Gasteiger partial charge in [-0.25, -0.2) is 10.2 Å². The van der Waals surface area contributed by atoms with Crippen LogP contribution in [0.1, 0.15) is 39.7 Å². The van der Waals surface area contributed by atoms with Crippen molar-refractivity contribution in [2.24, 2.45) is 5.92 Å². The highest BCUT2D eigenvalue weighted by molar-refractivity contribution is 9.10. The Morgan fingerprint density at radius 3 is 2.50 bits per heavy atom. The number of carbonyl (C=O) groups is 1. The van der Waals surface area contributed by atoms with Crippen LogP contribution in [0.2, 0.25) is 0 Å². The van der Waals surface area contributed by atoms with Gasteiger partial charge in [0.15, 0.2) is 0 Å². The van der Waals surface area contributed by atoms with Crippen molar-refractivity contribution in [3.63, 3.8) is 0 Å². The molecule has 1 aliphatic rings. The molecule has 0 saturated carbocycles. The van der Waals surface area contributed by atoms with Gasteiger partial charge in [0.05, 0.1) is 18.2 Å². The summed E-state index contributed by atoms with van der Waals surface area (Å²) >= 11 is 3.47. The third kappa shape index (κ3) is 4.39. The predicted octanol–water partition coefficient (Wildman–Crippen LogP) is 4.06. The van der Waals surface area contributed by atoms with Crippen LogP contribution in [0.25, 0.3) is 0 Å². The molecule has 2 rings (SSSR count). The number of allylic oxidation sites excluding steroid dienone is 1. The average molecular weight is 395 g/mol. The number of nitrogens with zero attached hydrogens (tertiary/aromatic N) is 1. The fourth-order valence-electron chi connectivity index (χ4n) is 3.14. The summed E-state index contributed by atoms with van der Waals surface area (Å²) in [5.74, 6) is 0.0628. The van der Waals surface area contributed by atoms with Crippen LogP contribution in [0.5, 0.6) is 0 Å². The molecule has 1 atom stereocenters. The molecule has 0 aliphatic carbocycles. The van der Waals surface area contributed by atoms with Gasteiger partial charge >= 0.3 is 5.97 Å². The first-order valence-corrected chi connectivity index (χ1v) is 9.46. The maximum absolute atomic E-state index is 12.6. The van der Waals surface area contributed by atoms with E-state index in [1.807, 2.05) is 19.1 Å². The lowest BCUT2D eigenvalue weighted by molar-refractivity contribution is -0.138. The van der Waals surface area contributed by atoms with E-state index in [-0.39, 0.29) is 17.9 Å². The van der Waals surface area contributed by atoms with Crippen LogP contribution >= 0.6 is 15.9 Å². The van der Waals surface area contributed by atoms with E-state index in [0.29, 0.717) is 6.61 Å². The summed E-state index contributed by atoms with van der Waals surface area (Å²) in [5, 5.41) is 2.14. The summed E-state index contributed by atoms with van der Waals surface area (Å²) in [5.41, 5.74) is 6.56. The molecule has 1 aromatic rings. The standard InChI is InChI=1S/C19H27BrN2O2/c1-5-11-22-18(13(3)4)17(19(23)24-6-2)16(21-22)12-14-7-9-15(20)10-8-14/h7-10,13,16,21H,5-6,11-12H2,1-4H3. The molecule has 4 nitrogen and oxygen atoms in total. The van der Waals surface area contributed by atoms with E-state index in [1.54, 1.807) is 0 Å². The number of hydrogen-bond donors (Lipinski definition) is 1. The van der Waals surface area contributed by atoms with Crippen molar-refractivity contribution in [1.29, 1.82) is 0 Å². The topological polar surface area (TPSA) is 41.6 Å². The Bertz CT molecular complexity index is 596. The highest BCUT2D eigenvalue weighted by Gasteiger charge is 2.36. The van der Waals surface area contributed by atoms with E-state index in [2.05, 4.69) is 59.3 Å². The minimum absolute atomic E-state index is 0.0471. The summed E-state index contributed by atoms with van der Waals surface area (Å²) in [6.07, 6.45) is 1.78. The number of hydrazine groups is 1. The monoisotopic (exact) mass is 394 g/mol. The number of esters is 1. The number of nitrogens with one attached hydrogen (secondary N) is 1. The van der Waals surface area contributed by atoms with E-state index in [4.69, 9.17) is 4.74 Å². The number of ether oxygens (including phenoxy) is 1. The normalized spacial score (nSPS) is 17.8. The van der Waals surface area contributed by atoms with Crippen LogP contribution < -0.4 is 5.43 Å². The minimum Gasteiger partial charge on any atom is -0.463 e. The van der Waals surface area contributed by atoms with Crippen LogP contribution in [-0.2, 0) is 16.0 Å². The minimum atomic E-state index is -0.200. The number of hydrogen-bond acceptors (Lipinski definition) is 4. The molecule has 0 amide bonds. The lowest BCUT2D eigenvalue weighted by atomic mass is 9.95. The van der Waals surface area contributed by atoms with Gasteiger partial charge in [0.1, 0.15) is 0 Å². The van der Waals surface area contributed by atoms with Crippen molar-refractivity contribution in [3.8, 4) is 0 Å². The maximum atomic E-state index is 12.6. The van der Waals surface area contributed by atoms with Gasteiger partial charge in [-0.2, -0.15) is 0 Å². The third-order valence-corrected chi connectivity index (χ3v) is 4.60. The number of rotatable bonds is 7. The van der Waals surface area contributed by atoms with E-state index in [0.717, 1.165) is 35.1 Å². The first-order chi connectivity index (χ1) is 11.5. The second-order valence-electron chi connectivity index (χ2n) is 6.34. The van der Waals surface area contributed by atoms with Crippen LogP contribution in [0.15, 0.2) is 40.0 Å². The van der Waals surface area contributed by atoms with Gasteiger partial charge in [0.25, 0.3) is 0 Å². The highest BCUT2D eigenvalue weighted by Crippen LogP contribution is 2.30. The van der Waals surface area contributed by atoms with E-state index >= 15 is 0 Å². The molecule has 1 unspecified atom stereocenters. The molecule has 1 N–H and O–H groups in total. The van der Waals surface area contributed by atoms with E-state index < -0.39 is 0 Å².